The second kappa shape index (κ2) is 5.27. The summed E-state index contributed by atoms with van der Waals surface area (Å²) in [6, 6.07) is 2.55. The Hall–Kier alpha value is -0.130. The first-order valence-electron chi connectivity index (χ1n) is 5.04. The second-order valence-corrected chi connectivity index (χ2v) is 5.42. The average Bonchev–Trinajstić information content (AvgIpc) is 2.24. The van der Waals surface area contributed by atoms with E-state index in [1.807, 2.05) is 12.3 Å². The van der Waals surface area contributed by atoms with Crippen molar-refractivity contribution in [2.75, 3.05) is 18.4 Å². The molecule has 0 amide bonds. The Kier molecular flexibility index (Phi) is 3.99. The third-order valence-corrected chi connectivity index (χ3v) is 3.53. The van der Waals surface area contributed by atoms with Crippen LogP contribution < -0.4 is 10.6 Å². The average molecular weight is 335 g/mol. The zero-order valence-corrected chi connectivity index (χ0v) is 11.4. The molecule has 2 rings (SSSR count). The lowest BCUT2D eigenvalue weighted by molar-refractivity contribution is 0.478. The highest BCUT2D eigenvalue weighted by molar-refractivity contribution is 9.11. The smallest absolute Gasteiger partial charge is 0.140 e. The molecule has 1 aliphatic rings. The molecule has 1 aromatic heterocycles. The Labute approximate surface area is 106 Å². The molecule has 1 fully saturated rings. The third-order valence-electron chi connectivity index (χ3n) is 2.49. The van der Waals surface area contributed by atoms with Crippen LogP contribution in [0.5, 0.6) is 0 Å². The second-order valence-electron chi connectivity index (χ2n) is 3.65. The van der Waals surface area contributed by atoms with E-state index in [1.165, 1.54) is 0 Å². The number of hydrogen-bond acceptors (Lipinski definition) is 3. The third kappa shape index (κ3) is 3.16. The SMILES string of the molecule is Brc1cnc(NC2CCNCC2)c(Br)c1. The summed E-state index contributed by atoms with van der Waals surface area (Å²) in [6.07, 6.45) is 4.13. The molecule has 0 atom stereocenters. The van der Waals surface area contributed by atoms with Crippen LogP contribution in [0.3, 0.4) is 0 Å². The van der Waals surface area contributed by atoms with Gasteiger partial charge in [0.15, 0.2) is 0 Å². The van der Waals surface area contributed by atoms with Crippen molar-refractivity contribution < 1.29 is 0 Å². The van der Waals surface area contributed by atoms with Gasteiger partial charge in [-0.15, -0.1) is 0 Å². The van der Waals surface area contributed by atoms with E-state index < -0.39 is 0 Å². The number of nitrogens with one attached hydrogen (secondary N) is 2. The molecular formula is C10H13Br2N3. The minimum absolute atomic E-state index is 0.538. The molecule has 0 radical (unpaired) electrons. The molecule has 2 N–H and O–H groups in total. The van der Waals surface area contributed by atoms with E-state index in [1.54, 1.807) is 0 Å². The first-order chi connectivity index (χ1) is 7.25. The lowest BCUT2D eigenvalue weighted by atomic mass is 10.1. The molecule has 0 bridgehead atoms. The lowest BCUT2D eigenvalue weighted by Gasteiger charge is -2.24. The Morgan fingerprint density at radius 1 is 1.33 bits per heavy atom. The zero-order chi connectivity index (χ0) is 10.7. The summed E-state index contributed by atoms with van der Waals surface area (Å²) in [6.45, 7) is 2.18. The monoisotopic (exact) mass is 333 g/mol. The van der Waals surface area contributed by atoms with Crippen LogP contribution in [0.15, 0.2) is 21.2 Å². The fourth-order valence-corrected chi connectivity index (χ4v) is 2.78. The normalized spacial score (nSPS) is 17.7. The number of anilines is 1. The van der Waals surface area contributed by atoms with Gasteiger partial charge in [-0.25, -0.2) is 4.98 Å². The number of pyridine rings is 1. The van der Waals surface area contributed by atoms with Gasteiger partial charge in [-0.3, -0.25) is 0 Å². The van der Waals surface area contributed by atoms with Crippen molar-refractivity contribution in [1.82, 2.24) is 10.3 Å². The molecule has 1 aromatic rings. The van der Waals surface area contributed by atoms with Crippen LogP contribution in [0.1, 0.15) is 12.8 Å². The lowest BCUT2D eigenvalue weighted by Crippen LogP contribution is -2.35. The minimum Gasteiger partial charge on any atom is -0.366 e. The fraction of sp³-hybridized carbons (Fsp3) is 0.500. The van der Waals surface area contributed by atoms with E-state index in [4.69, 9.17) is 0 Å². The maximum Gasteiger partial charge on any atom is 0.140 e. The topological polar surface area (TPSA) is 37.0 Å². The van der Waals surface area contributed by atoms with Crippen molar-refractivity contribution in [2.24, 2.45) is 0 Å². The highest BCUT2D eigenvalue weighted by Crippen LogP contribution is 2.24. The van der Waals surface area contributed by atoms with Crippen molar-refractivity contribution in [3.63, 3.8) is 0 Å². The van der Waals surface area contributed by atoms with Crippen molar-refractivity contribution in [1.29, 1.82) is 0 Å². The van der Waals surface area contributed by atoms with Crippen LogP contribution in [0.25, 0.3) is 0 Å². The van der Waals surface area contributed by atoms with Crippen LogP contribution in [-0.4, -0.2) is 24.1 Å². The molecule has 0 unspecified atom stereocenters. The summed E-state index contributed by atoms with van der Waals surface area (Å²) in [5, 5.41) is 6.80. The van der Waals surface area contributed by atoms with Gasteiger partial charge in [-0.1, -0.05) is 0 Å². The quantitative estimate of drug-likeness (QED) is 0.873. The molecule has 5 heteroatoms. The number of nitrogens with zero attached hydrogens (tertiary/aromatic N) is 1. The van der Waals surface area contributed by atoms with Gasteiger partial charge in [0.05, 0.1) is 4.47 Å². The summed E-state index contributed by atoms with van der Waals surface area (Å²) in [5.74, 6) is 0.935. The van der Waals surface area contributed by atoms with E-state index in [0.29, 0.717) is 6.04 Å². The van der Waals surface area contributed by atoms with Gasteiger partial charge in [0.1, 0.15) is 5.82 Å². The molecule has 0 aliphatic carbocycles. The summed E-state index contributed by atoms with van der Waals surface area (Å²) < 4.78 is 2.00. The predicted molar refractivity (Wildman–Crippen MR) is 69.2 cm³/mol. The van der Waals surface area contributed by atoms with Gasteiger partial charge in [-0.2, -0.15) is 0 Å². The summed E-state index contributed by atoms with van der Waals surface area (Å²) >= 11 is 6.89. The van der Waals surface area contributed by atoms with Gasteiger partial charge >= 0.3 is 0 Å². The van der Waals surface area contributed by atoms with Gasteiger partial charge in [-0.05, 0) is 63.9 Å². The Bertz CT molecular complexity index is 337. The molecule has 0 spiro atoms. The molecule has 15 heavy (non-hydrogen) atoms. The largest absolute Gasteiger partial charge is 0.366 e. The molecule has 1 aliphatic heterocycles. The number of hydrogen-bond donors (Lipinski definition) is 2. The van der Waals surface area contributed by atoms with Gasteiger partial charge in [0, 0.05) is 16.7 Å². The standard InChI is InChI=1S/C10H13Br2N3/c11-7-5-9(12)10(14-6-7)15-8-1-3-13-4-2-8/h5-6,8,13H,1-4H2,(H,14,15). The summed E-state index contributed by atoms with van der Waals surface area (Å²) in [7, 11) is 0. The molecule has 1 saturated heterocycles. The van der Waals surface area contributed by atoms with Gasteiger partial charge in [0.2, 0.25) is 0 Å². The molecule has 2 heterocycles. The Morgan fingerprint density at radius 3 is 2.73 bits per heavy atom. The Balaban J connectivity index is 2.03. The zero-order valence-electron chi connectivity index (χ0n) is 8.26. The minimum atomic E-state index is 0.538. The van der Waals surface area contributed by atoms with Crippen LogP contribution in [0, 0.1) is 0 Å². The van der Waals surface area contributed by atoms with E-state index in [0.717, 1.165) is 40.7 Å². The predicted octanol–water partition coefficient (Wildman–Crippen LogP) is 2.77. The Morgan fingerprint density at radius 2 is 2.07 bits per heavy atom. The summed E-state index contributed by atoms with van der Waals surface area (Å²) in [4.78, 5) is 4.35. The molecule has 0 aromatic carbocycles. The first kappa shape index (κ1) is 11.4. The number of rotatable bonds is 2. The van der Waals surface area contributed by atoms with E-state index in [2.05, 4.69) is 47.5 Å². The van der Waals surface area contributed by atoms with Crippen LogP contribution >= 0.6 is 31.9 Å². The maximum atomic E-state index is 4.35. The molecular weight excluding hydrogens is 322 g/mol. The van der Waals surface area contributed by atoms with Crippen molar-refractivity contribution in [2.45, 2.75) is 18.9 Å². The van der Waals surface area contributed by atoms with Crippen molar-refractivity contribution in [3.8, 4) is 0 Å². The summed E-state index contributed by atoms with van der Waals surface area (Å²) in [5.41, 5.74) is 0. The molecule has 3 nitrogen and oxygen atoms in total. The highest BCUT2D eigenvalue weighted by Gasteiger charge is 2.14. The van der Waals surface area contributed by atoms with Crippen LogP contribution in [0.2, 0.25) is 0 Å². The number of aromatic nitrogens is 1. The van der Waals surface area contributed by atoms with Gasteiger partial charge < -0.3 is 10.6 Å². The van der Waals surface area contributed by atoms with Crippen LogP contribution in [-0.2, 0) is 0 Å². The van der Waals surface area contributed by atoms with E-state index >= 15 is 0 Å². The number of piperidine rings is 1. The highest BCUT2D eigenvalue weighted by atomic mass is 79.9. The molecule has 0 saturated carbocycles. The number of halogens is 2. The van der Waals surface area contributed by atoms with E-state index in [9.17, 15) is 0 Å². The fourth-order valence-electron chi connectivity index (χ4n) is 1.68. The van der Waals surface area contributed by atoms with Crippen molar-refractivity contribution in [3.05, 3.63) is 21.2 Å². The maximum absolute atomic E-state index is 4.35. The van der Waals surface area contributed by atoms with Crippen molar-refractivity contribution >= 4 is 37.7 Å². The van der Waals surface area contributed by atoms with Gasteiger partial charge in [0.25, 0.3) is 0 Å². The van der Waals surface area contributed by atoms with Crippen LogP contribution in [0.4, 0.5) is 5.82 Å². The first-order valence-corrected chi connectivity index (χ1v) is 6.62. The molecule has 82 valence electrons. The van der Waals surface area contributed by atoms with E-state index in [-0.39, 0.29) is 0 Å².